The molecule has 0 radical (unpaired) electrons. The molecule has 0 saturated heterocycles. The van der Waals surface area contributed by atoms with Gasteiger partial charge in [0, 0.05) is 6.20 Å². The Morgan fingerprint density at radius 2 is 2.09 bits per heavy atom. The zero-order valence-corrected chi connectivity index (χ0v) is 11.9. The smallest absolute Gasteiger partial charge is 0.319 e. The average Bonchev–Trinajstić information content (AvgIpc) is 2.93. The van der Waals surface area contributed by atoms with Gasteiger partial charge >= 0.3 is 6.03 Å². The third-order valence-corrected chi connectivity index (χ3v) is 2.81. The SMILES string of the molecule is COc1ccc(Cn2cc(NC(=O)NCC(F)F)cn2)cc1. The molecule has 2 aromatic rings. The minimum absolute atomic E-state index is 0.431. The number of aromatic nitrogens is 2. The van der Waals surface area contributed by atoms with Gasteiger partial charge in [-0.2, -0.15) is 5.10 Å². The van der Waals surface area contributed by atoms with E-state index in [0.29, 0.717) is 12.2 Å². The lowest BCUT2D eigenvalue weighted by atomic mass is 10.2. The lowest BCUT2D eigenvalue weighted by Gasteiger charge is -2.05. The summed E-state index contributed by atoms with van der Waals surface area (Å²) < 4.78 is 30.6. The molecule has 8 heteroatoms. The van der Waals surface area contributed by atoms with Crippen LogP contribution >= 0.6 is 0 Å². The third-order valence-electron chi connectivity index (χ3n) is 2.81. The van der Waals surface area contributed by atoms with Crippen LogP contribution in [-0.4, -0.2) is 35.9 Å². The normalized spacial score (nSPS) is 10.5. The van der Waals surface area contributed by atoms with Gasteiger partial charge in [-0.15, -0.1) is 0 Å². The molecule has 1 heterocycles. The van der Waals surface area contributed by atoms with Crippen LogP contribution in [0.1, 0.15) is 5.56 Å². The molecular weight excluding hydrogens is 294 g/mol. The Balaban J connectivity index is 1.89. The van der Waals surface area contributed by atoms with Crippen LogP contribution in [-0.2, 0) is 6.54 Å². The predicted octanol–water partition coefficient (Wildman–Crippen LogP) is 2.33. The molecule has 0 aliphatic rings. The zero-order chi connectivity index (χ0) is 15.9. The molecule has 0 saturated carbocycles. The first kappa shape index (κ1) is 15.7. The van der Waals surface area contributed by atoms with E-state index in [1.54, 1.807) is 18.0 Å². The number of urea groups is 1. The highest BCUT2D eigenvalue weighted by molar-refractivity contribution is 5.88. The summed E-state index contributed by atoms with van der Waals surface area (Å²) in [5.41, 5.74) is 1.44. The van der Waals surface area contributed by atoms with Crippen molar-refractivity contribution in [1.82, 2.24) is 15.1 Å². The molecule has 1 aromatic carbocycles. The number of benzene rings is 1. The number of carbonyl (C=O) groups is 1. The molecule has 22 heavy (non-hydrogen) atoms. The maximum atomic E-state index is 12.0. The number of alkyl halides is 2. The Hall–Kier alpha value is -2.64. The molecule has 0 aliphatic heterocycles. The van der Waals surface area contributed by atoms with Crippen LogP contribution in [0.2, 0.25) is 0 Å². The highest BCUT2D eigenvalue weighted by atomic mass is 19.3. The van der Waals surface area contributed by atoms with Crippen LogP contribution in [0, 0.1) is 0 Å². The van der Waals surface area contributed by atoms with Gasteiger partial charge in [-0.1, -0.05) is 12.1 Å². The average molecular weight is 310 g/mol. The van der Waals surface area contributed by atoms with Crippen molar-refractivity contribution in [2.24, 2.45) is 0 Å². The fourth-order valence-corrected chi connectivity index (χ4v) is 1.78. The van der Waals surface area contributed by atoms with Gasteiger partial charge in [0.05, 0.1) is 32.1 Å². The number of hydrogen-bond acceptors (Lipinski definition) is 3. The summed E-state index contributed by atoms with van der Waals surface area (Å²) >= 11 is 0. The second kappa shape index (κ2) is 7.39. The van der Waals surface area contributed by atoms with Crippen molar-refractivity contribution in [1.29, 1.82) is 0 Å². The van der Waals surface area contributed by atoms with E-state index >= 15 is 0 Å². The Morgan fingerprint density at radius 1 is 1.36 bits per heavy atom. The van der Waals surface area contributed by atoms with E-state index < -0.39 is 19.0 Å². The fraction of sp³-hybridized carbons (Fsp3) is 0.286. The lowest BCUT2D eigenvalue weighted by molar-refractivity contribution is 0.148. The zero-order valence-electron chi connectivity index (χ0n) is 11.9. The number of rotatable bonds is 6. The van der Waals surface area contributed by atoms with Gasteiger partial charge in [-0.25, -0.2) is 13.6 Å². The van der Waals surface area contributed by atoms with Crippen molar-refractivity contribution in [3.63, 3.8) is 0 Å². The van der Waals surface area contributed by atoms with Crippen LogP contribution in [0.3, 0.4) is 0 Å². The fourth-order valence-electron chi connectivity index (χ4n) is 1.78. The molecule has 2 rings (SSSR count). The first-order valence-electron chi connectivity index (χ1n) is 6.55. The van der Waals surface area contributed by atoms with E-state index in [9.17, 15) is 13.6 Å². The minimum atomic E-state index is -2.58. The maximum Gasteiger partial charge on any atom is 0.319 e. The second-order valence-corrected chi connectivity index (χ2v) is 4.50. The molecule has 0 fully saturated rings. The molecule has 0 unspecified atom stereocenters. The summed E-state index contributed by atoms with van der Waals surface area (Å²) in [4.78, 5) is 11.3. The Kier molecular flexibility index (Phi) is 5.29. The van der Waals surface area contributed by atoms with Gasteiger partial charge in [0.25, 0.3) is 6.43 Å². The van der Waals surface area contributed by atoms with Gasteiger partial charge in [0.2, 0.25) is 0 Å². The number of nitrogens with zero attached hydrogens (tertiary/aromatic N) is 2. The predicted molar refractivity (Wildman–Crippen MR) is 77.3 cm³/mol. The molecule has 0 spiro atoms. The largest absolute Gasteiger partial charge is 0.497 e. The van der Waals surface area contributed by atoms with E-state index in [4.69, 9.17) is 4.74 Å². The summed E-state index contributed by atoms with van der Waals surface area (Å²) in [6.45, 7) is -0.170. The van der Waals surface area contributed by atoms with Crippen molar-refractivity contribution >= 4 is 11.7 Å². The Morgan fingerprint density at radius 3 is 2.73 bits per heavy atom. The van der Waals surface area contributed by atoms with Crippen LogP contribution < -0.4 is 15.4 Å². The highest BCUT2D eigenvalue weighted by Crippen LogP contribution is 2.13. The second-order valence-electron chi connectivity index (χ2n) is 4.50. The minimum Gasteiger partial charge on any atom is -0.497 e. The third kappa shape index (κ3) is 4.72. The van der Waals surface area contributed by atoms with Crippen LogP contribution in [0.5, 0.6) is 5.75 Å². The van der Waals surface area contributed by atoms with Crippen LogP contribution in [0.25, 0.3) is 0 Å². The molecule has 118 valence electrons. The van der Waals surface area contributed by atoms with Crippen LogP contribution in [0.4, 0.5) is 19.3 Å². The maximum absolute atomic E-state index is 12.0. The molecule has 2 amide bonds. The number of methoxy groups -OCH3 is 1. The number of halogens is 2. The quantitative estimate of drug-likeness (QED) is 0.860. The first-order valence-corrected chi connectivity index (χ1v) is 6.55. The number of hydrogen-bond donors (Lipinski definition) is 2. The molecule has 6 nitrogen and oxygen atoms in total. The number of nitrogens with one attached hydrogen (secondary N) is 2. The van der Waals surface area contributed by atoms with E-state index in [2.05, 4.69) is 15.7 Å². The van der Waals surface area contributed by atoms with Gasteiger partial charge in [-0.3, -0.25) is 4.68 Å². The van der Waals surface area contributed by atoms with E-state index in [0.717, 1.165) is 11.3 Å². The van der Waals surface area contributed by atoms with Crippen molar-refractivity contribution < 1.29 is 18.3 Å². The summed E-state index contributed by atoms with van der Waals surface area (Å²) in [6.07, 6.45) is 0.487. The lowest BCUT2D eigenvalue weighted by Crippen LogP contribution is -2.32. The number of anilines is 1. The van der Waals surface area contributed by atoms with Gasteiger partial charge in [0.15, 0.2) is 0 Å². The topological polar surface area (TPSA) is 68.2 Å². The van der Waals surface area contributed by atoms with Gasteiger partial charge in [0.1, 0.15) is 5.75 Å². The first-order chi connectivity index (χ1) is 10.6. The molecule has 2 N–H and O–H groups in total. The van der Waals surface area contributed by atoms with Crippen LogP contribution in [0.15, 0.2) is 36.7 Å². The standard InChI is InChI=1S/C14H16F2N4O2/c1-22-12-4-2-10(3-5-12)8-20-9-11(6-18-20)19-14(21)17-7-13(15)16/h2-6,9,13H,7-8H2,1H3,(H2,17,19,21). The molecular formula is C14H16F2N4O2. The van der Waals surface area contributed by atoms with Crippen molar-refractivity contribution in [2.45, 2.75) is 13.0 Å². The van der Waals surface area contributed by atoms with E-state index in [1.165, 1.54) is 6.20 Å². The Labute approximate surface area is 126 Å². The summed E-state index contributed by atoms with van der Waals surface area (Å²) in [6, 6.07) is 6.81. The number of amides is 2. The summed E-state index contributed by atoms with van der Waals surface area (Å²) in [5, 5.41) is 8.58. The van der Waals surface area contributed by atoms with Crippen molar-refractivity contribution in [2.75, 3.05) is 19.0 Å². The Bertz CT molecular complexity index is 614. The monoisotopic (exact) mass is 310 g/mol. The van der Waals surface area contributed by atoms with Gasteiger partial charge < -0.3 is 15.4 Å². The summed E-state index contributed by atoms with van der Waals surface area (Å²) in [5.74, 6) is 0.766. The molecule has 1 aromatic heterocycles. The number of ether oxygens (including phenoxy) is 1. The highest BCUT2D eigenvalue weighted by Gasteiger charge is 2.07. The summed E-state index contributed by atoms with van der Waals surface area (Å²) in [7, 11) is 1.60. The van der Waals surface area contributed by atoms with Crippen molar-refractivity contribution in [3.05, 3.63) is 42.2 Å². The number of carbonyl (C=O) groups excluding carboxylic acids is 1. The van der Waals surface area contributed by atoms with Crippen molar-refractivity contribution in [3.8, 4) is 5.75 Å². The van der Waals surface area contributed by atoms with E-state index in [1.807, 2.05) is 24.3 Å². The van der Waals surface area contributed by atoms with E-state index in [-0.39, 0.29) is 0 Å². The molecule has 0 aliphatic carbocycles. The van der Waals surface area contributed by atoms with Gasteiger partial charge in [-0.05, 0) is 17.7 Å². The molecule has 0 atom stereocenters. The molecule has 0 bridgehead atoms.